The van der Waals surface area contributed by atoms with Crippen molar-refractivity contribution in [3.63, 3.8) is 0 Å². The van der Waals surface area contributed by atoms with Crippen LogP contribution in [0.5, 0.6) is 5.75 Å². The lowest BCUT2D eigenvalue weighted by Crippen LogP contribution is -2.45. The topological polar surface area (TPSA) is 46.2 Å². The number of nitrogens with zero attached hydrogens (tertiary/aromatic N) is 1. The third kappa shape index (κ3) is 4.48. The number of benzene rings is 1. The molecule has 5 heteroatoms. The predicted octanol–water partition coefficient (Wildman–Crippen LogP) is 4.62. The Morgan fingerprint density at radius 2 is 1.88 bits per heavy atom. The molecule has 0 radical (unpaired) electrons. The Bertz CT molecular complexity index is 712. The monoisotopic (exact) mass is 355 g/mol. The summed E-state index contributed by atoms with van der Waals surface area (Å²) < 4.78 is 5.75. The maximum atomic E-state index is 5.75. The highest BCUT2D eigenvalue weighted by atomic mass is 32.1. The van der Waals surface area contributed by atoms with Gasteiger partial charge in [-0.3, -0.25) is 4.98 Å². The molecule has 132 valence electrons. The van der Waals surface area contributed by atoms with Gasteiger partial charge in [-0.05, 0) is 68.7 Å². The van der Waals surface area contributed by atoms with E-state index in [0.29, 0.717) is 5.11 Å². The van der Waals surface area contributed by atoms with Crippen LogP contribution in [0.1, 0.15) is 45.1 Å². The molecule has 2 N–H and O–H groups in total. The van der Waals surface area contributed by atoms with Crippen LogP contribution >= 0.6 is 12.2 Å². The van der Waals surface area contributed by atoms with E-state index >= 15 is 0 Å². The van der Waals surface area contributed by atoms with Crippen molar-refractivity contribution >= 4 is 23.0 Å². The zero-order chi connectivity index (χ0) is 17.7. The minimum absolute atomic E-state index is 0.0981. The summed E-state index contributed by atoms with van der Waals surface area (Å²) in [5, 5.41) is 7.51. The summed E-state index contributed by atoms with van der Waals surface area (Å²) >= 11 is 5.60. The van der Waals surface area contributed by atoms with Gasteiger partial charge in [0, 0.05) is 24.1 Å². The van der Waals surface area contributed by atoms with E-state index in [1.165, 1.54) is 18.4 Å². The summed E-state index contributed by atoms with van der Waals surface area (Å²) in [6.07, 6.45) is 8.41. The number of ether oxygens (including phenoxy) is 1. The van der Waals surface area contributed by atoms with E-state index in [9.17, 15) is 0 Å². The van der Waals surface area contributed by atoms with Gasteiger partial charge >= 0.3 is 0 Å². The first-order valence-corrected chi connectivity index (χ1v) is 9.25. The van der Waals surface area contributed by atoms with Crippen LogP contribution in [0.3, 0.4) is 0 Å². The van der Waals surface area contributed by atoms with E-state index in [0.717, 1.165) is 24.3 Å². The summed E-state index contributed by atoms with van der Waals surface area (Å²) in [7, 11) is 0. The molecule has 0 saturated heterocycles. The second-order valence-electron chi connectivity index (χ2n) is 6.80. The summed E-state index contributed by atoms with van der Waals surface area (Å²) in [4.78, 5) is 4.14. The van der Waals surface area contributed by atoms with E-state index in [2.05, 4.69) is 27.8 Å². The van der Waals surface area contributed by atoms with Crippen LogP contribution in [0.15, 0.2) is 48.8 Å². The van der Waals surface area contributed by atoms with Gasteiger partial charge in [-0.15, -0.1) is 0 Å². The molecular weight excluding hydrogens is 330 g/mol. The van der Waals surface area contributed by atoms with Gasteiger partial charge in [-0.25, -0.2) is 0 Å². The first-order valence-electron chi connectivity index (χ1n) is 8.84. The number of hydrogen-bond acceptors (Lipinski definition) is 3. The molecule has 1 saturated carbocycles. The predicted molar refractivity (Wildman–Crippen MR) is 106 cm³/mol. The molecule has 4 nitrogen and oxygen atoms in total. The quantitative estimate of drug-likeness (QED) is 0.766. The van der Waals surface area contributed by atoms with Crippen molar-refractivity contribution in [3.8, 4) is 5.75 Å². The van der Waals surface area contributed by atoms with Crippen molar-refractivity contribution in [1.82, 2.24) is 10.3 Å². The van der Waals surface area contributed by atoms with Gasteiger partial charge in [0.05, 0.1) is 11.6 Å². The molecule has 1 aromatic heterocycles. The van der Waals surface area contributed by atoms with Gasteiger partial charge in [-0.2, -0.15) is 0 Å². The van der Waals surface area contributed by atoms with Gasteiger partial charge in [0.15, 0.2) is 5.11 Å². The largest absolute Gasteiger partial charge is 0.491 e. The lowest BCUT2D eigenvalue weighted by atomic mass is 9.89. The van der Waals surface area contributed by atoms with Crippen molar-refractivity contribution in [2.24, 2.45) is 0 Å². The average molecular weight is 356 g/mol. The second-order valence-corrected chi connectivity index (χ2v) is 7.21. The first-order chi connectivity index (χ1) is 12.1. The van der Waals surface area contributed by atoms with Crippen molar-refractivity contribution in [2.45, 2.75) is 51.2 Å². The summed E-state index contributed by atoms with van der Waals surface area (Å²) in [5.41, 5.74) is 2.08. The van der Waals surface area contributed by atoms with Crippen molar-refractivity contribution in [3.05, 3.63) is 54.4 Å². The van der Waals surface area contributed by atoms with Gasteiger partial charge < -0.3 is 15.4 Å². The number of pyridine rings is 1. The zero-order valence-corrected chi connectivity index (χ0v) is 15.6. The van der Waals surface area contributed by atoms with Crippen LogP contribution in [-0.2, 0) is 5.54 Å². The van der Waals surface area contributed by atoms with E-state index in [1.54, 1.807) is 0 Å². The molecule has 1 aromatic carbocycles. The number of anilines is 1. The van der Waals surface area contributed by atoms with E-state index in [1.807, 2.05) is 50.5 Å². The van der Waals surface area contributed by atoms with E-state index < -0.39 is 0 Å². The third-order valence-electron chi connectivity index (χ3n) is 4.51. The first kappa shape index (κ1) is 17.7. The molecule has 0 atom stereocenters. The van der Waals surface area contributed by atoms with Crippen LogP contribution in [0.4, 0.5) is 5.69 Å². The van der Waals surface area contributed by atoms with Crippen LogP contribution in [-0.4, -0.2) is 16.2 Å². The molecule has 0 amide bonds. The normalized spacial score (nSPS) is 15.8. The molecule has 1 aliphatic carbocycles. The molecule has 1 heterocycles. The van der Waals surface area contributed by atoms with Gasteiger partial charge in [0.25, 0.3) is 0 Å². The Morgan fingerprint density at radius 3 is 2.56 bits per heavy atom. The number of thiocarbonyl (C=S) groups is 1. The Hall–Kier alpha value is -2.14. The fourth-order valence-corrected chi connectivity index (χ4v) is 3.75. The smallest absolute Gasteiger partial charge is 0.171 e. The standard InChI is InChI=1S/C20H25N3OS/c1-15(2)24-18-7-5-6-17(14-18)22-19(25)23-20(10-3-4-11-20)16-8-12-21-13-9-16/h5-9,12-15H,3-4,10-11H2,1-2H3,(H2,22,23,25). The highest BCUT2D eigenvalue weighted by Crippen LogP contribution is 2.38. The van der Waals surface area contributed by atoms with Crippen LogP contribution < -0.4 is 15.4 Å². The molecule has 1 fully saturated rings. The highest BCUT2D eigenvalue weighted by molar-refractivity contribution is 7.80. The molecule has 25 heavy (non-hydrogen) atoms. The van der Waals surface area contributed by atoms with Gasteiger partial charge in [0.1, 0.15) is 5.75 Å². The summed E-state index contributed by atoms with van der Waals surface area (Å²) in [6.45, 7) is 4.04. The Labute approximate surface area is 155 Å². The SMILES string of the molecule is CC(C)Oc1cccc(NC(=S)NC2(c3ccncc3)CCCC2)c1. The molecule has 3 rings (SSSR count). The minimum atomic E-state index is -0.0981. The highest BCUT2D eigenvalue weighted by Gasteiger charge is 2.36. The molecule has 2 aromatic rings. The molecular formula is C20H25N3OS. The van der Waals surface area contributed by atoms with Crippen LogP contribution in [0, 0.1) is 0 Å². The fraction of sp³-hybridized carbons (Fsp3) is 0.400. The Morgan fingerprint density at radius 1 is 1.16 bits per heavy atom. The molecule has 1 aliphatic rings. The van der Waals surface area contributed by atoms with Gasteiger partial charge in [-0.1, -0.05) is 18.9 Å². The van der Waals surface area contributed by atoms with Crippen molar-refractivity contribution < 1.29 is 4.74 Å². The zero-order valence-electron chi connectivity index (χ0n) is 14.8. The second kappa shape index (κ2) is 7.83. The summed E-state index contributed by atoms with van der Waals surface area (Å²) in [6, 6.07) is 12.1. The van der Waals surface area contributed by atoms with Crippen LogP contribution in [0.25, 0.3) is 0 Å². The Kier molecular flexibility index (Phi) is 5.53. The molecule has 0 aliphatic heterocycles. The maximum Gasteiger partial charge on any atom is 0.171 e. The fourth-order valence-electron chi connectivity index (χ4n) is 3.43. The molecule has 0 unspecified atom stereocenters. The molecule has 0 bridgehead atoms. The number of aromatic nitrogens is 1. The molecule has 0 spiro atoms. The number of nitrogens with one attached hydrogen (secondary N) is 2. The van der Waals surface area contributed by atoms with E-state index in [-0.39, 0.29) is 11.6 Å². The van der Waals surface area contributed by atoms with Crippen molar-refractivity contribution in [2.75, 3.05) is 5.32 Å². The lowest BCUT2D eigenvalue weighted by Gasteiger charge is -2.32. The minimum Gasteiger partial charge on any atom is -0.491 e. The summed E-state index contributed by atoms with van der Waals surface area (Å²) in [5.74, 6) is 0.840. The van der Waals surface area contributed by atoms with Gasteiger partial charge in [0.2, 0.25) is 0 Å². The van der Waals surface area contributed by atoms with Crippen molar-refractivity contribution in [1.29, 1.82) is 0 Å². The average Bonchev–Trinajstić information content (AvgIpc) is 3.05. The van der Waals surface area contributed by atoms with Crippen LogP contribution in [0.2, 0.25) is 0 Å². The third-order valence-corrected chi connectivity index (χ3v) is 4.71. The number of hydrogen-bond donors (Lipinski definition) is 2. The number of rotatable bonds is 5. The Balaban J connectivity index is 1.71. The maximum absolute atomic E-state index is 5.75. The lowest BCUT2D eigenvalue weighted by molar-refractivity contribution is 0.242. The van der Waals surface area contributed by atoms with E-state index in [4.69, 9.17) is 17.0 Å².